The topological polar surface area (TPSA) is 77.8 Å². The third-order valence-corrected chi connectivity index (χ3v) is 3.35. The molecule has 0 saturated carbocycles. The lowest BCUT2D eigenvalue weighted by molar-refractivity contribution is 0.371. The van der Waals surface area contributed by atoms with E-state index in [2.05, 4.69) is 15.9 Å². The molecule has 0 amide bonds. The van der Waals surface area contributed by atoms with Gasteiger partial charge in [0, 0.05) is 0 Å². The standard InChI is InChI=1S/C9H12BrO4P/c1-2-7-3-6(5-15(12,13)14)4-8(10)9(7)11/h3-4,11H,2,5H2,1H3,(H2,12,13,14). The highest BCUT2D eigenvalue weighted by Gasteiger charge is 2.16. The van der Waals surface area contributed by atoms with Crippen LogP contribution in [-0.2, 0) is 17.1 Å². The lowest BCUT2D eigenvalue weighted by atomic mass is 10.1. The summed E-state index contributed by atoms with van der Waals surface area (Å²) in [6, 6.07) is 3.13. The van der Waals surface area contributed by atoms with Crippen LogP contribution in [0.25, 0.3) is 0 Å². The van der Waals surface area contributed by atoms with Gasteiger partial charge in [0.1, 0.15) is 5.75 Å². The summed E-state index contributed by atoms with van der Waals surface area (Å²) < 4.78 is 11.3. The maximum Gasteiger partial charge on any atom is 0.329 e. The van der Waals surface area contributed by atoms with Crippen LogP contribution in [-0.4, -0.2) is 14.9 Å². The van der Waals surface area contributed by atoms with Gasteiger partial charge < -0.3 is 14.9 Å². The number of benzene rings is 1. The Labute approximate surface area is 96.2 Å². The lowest BCUT2D eigenvalue weighted by Gasteiger charge is -2.09. The minimum absolute atomic E-state index is 0.131. The molecule has 0 saturated heterocycles. The molecule has 0 aromatic heterocycles. The SMILES string of the molecule is CCc1cc(CP(=O)(O)O)cc(Br)c1O. The van der Waals surface area contributed by atoms with Crippen molar-refractivity contribution < 1.29 is 19.5 Å². The normalized spacial score (nSPS) is 11.7. The second-order valence-electron chi connectivity index (χ2n) is 3.26. The van der Waals surface area contributed by atoms with Gasteiger partial charge in [0.25, 0.3) is 0 Å². The predicted molar refractivity (Wildman–Crippen MR) is 60.9 cm³/mol. The van der Waals surface area contributed by atoms with E-state index < -0.39 is 7.60 Å². The van der Waals surface area contributed by atoms with Crippen LogP contribution in [0.15, 0.2) is 16.6 Å². The van der Waals surface area contributed by atoms with Gasteiger partial charge in [-0.05, 0) is 39.5 Å². The highest BCUT2D eigenvalue weighted by atomic mass is 79.9. The minimum atomic E-state index is -4.06. The van der Waals surface area contributed by atoms with Gasteiger partial charge >= 0.3 is 7.60 Å². The summed E-state index contributed by atoms with van der Waals surface area (Å²) in [4.78, 5) is 17.7. The first kappa shape index (κ1) is 12.7. The fourth-order valence-corrected chi connectivity index (χ4v) is 2.52. The quantitative estimate of drug-likeness (QED) is 0.748. The van der Waals surface area contributed by atoms with Gasteiger partial charge in [-0.2, -0.15) is 0 Å². The van der Waals surface area contributed by atoms with E-state index in [1.807, 2.05) is 6.92 Å². The zero-order valence-corrected chi connectivity index (χ0v) is 10.6. The molecule has 6 heteroatoms. The Balaban J connectivity index is 3.12. The summed E-state index contributed by atoms with van der Waals surface area (Å²) in [6.07, 6.45) is 0.304. The van der Waals surface area contributed by atoms with Crippen molar-refractivity contribution in [3.8, 4) is 5.75 Å². The van der Waals surface area contributed by atoms with Gasteiger partial charge in [0.05, 0.1) is 10.6 Å². The molecule has 3 N–H and O–H groups in total. The molecule has 0 aliphatic heterocycles. The summed E-state index contributed by atoms with van der Waals surface area (Å²) in [5, 5.41) is 9.58. The Bertz CT molecular complexity index is 413. The Morgan fingerprint density at radius 3 is 2.47 bits per heavy atom. The summed E-state index contributed by atoms with van der Waals surface area (Å²) in [5.74, 6) is 0.131. The number of rotatable bonds is 3. The van der Waals surface area contributed by atoms with Crippen molar-refractivity contribution >= 4 is 23.5 Å². The number of halogens is 1. The van der Waals surface area contributed by atoms with Crippen LogP contribution in [0.3, 0.4) is 0 Å². The van der Waals surface area contributed by atoms with E-state index in [1.165, 1.54) is 6.07 Å². The highest BCUT2D eigenvalue weighted by molar-refractivity contribution is 9.10. The van der Waals surface area contributed by atoms with Crippen LogP contribution in [0.1, 0.15) is 18.1 Å². The Morgan fingerprint density at radius 1 is 1.40 bits per heavy atom. The maximum absolute atomic E-state index is 10.8. The summed E-state index contributed by atoms with van der Waals surface area (Å²) in [6.45, 7) is 1.86. The smallest absolute Gasteiger partial charge is 0.329 e. The molecule has 0 radical (unpaired) electrons. The van der Waals surface area contributed by atoms with Crippen molar-refractivity contribution in [1.29, 1.82) is 0 Å². The first-order chi connectivity index (χ1) is 6.83. The van der Waals surface area contributed by atoms with E-state index in [9.17, 15) is 9.67 Å². The van der Waals surface area contributed by atoms with E-state index >= 15 is 0 Å². The van der Waals surface area contributed by atoms with Gasteiger partial charge in [-0.25, -0.2) is 0 Å². The van der Waals surface area contributed by atoms with Crippen LogP contribution in [0.4, 0.5) is 0 Å². The second kappa shape index (κ2) is 4.66. The largest absolute Gasteiger partial charge is 0.506 e. The Hall–Kier alpha value is -0.350. The molecule has 0 atom stereocenters. The number of aryl methyl sites for hydroxylation is 1. The average Bonchev–Trinajstić information content (AvgIpc) is 2.08. The third-order valence-electron chi connectivity index (χ3n) is 1.97. The van der Waals surface area contributed by atoms with Crippen molar-refractivity contribution in [2.24, 2.45) is 0 Å². The van der Waals surface area contributed by atoms with Crippen LogP contribution in [0, 0.1) is 0 Å². The molecule has 0 spiro atoms. The first-order valence-electron chi connectivity index (χ1n) is 4.38. The lowest BCUT2D eigenvalue weighted by Crippen LogP contribution is -1.91. The van der Waals surface area contributed by atoms with Crippen LogP contribution < -0.4 is 0 Å². The van der Waals surface area contributed by atoms with Crippen molar-refractivity contribution in [3.05, 3.63) is 27.7 Å². The number of aromatic hydroxyl groups is 1. The Morgan fingerprint density at radius 2 is 2.00 bits per heavy atom. The summed E-state index contributed by atoms with van der Waals surface area (Å²) in [5.41, 5.74) is 1.19. The molecular weight excluding hydrogens is 283 g/mol. The fourth-order valence-electron chi connectivity index (χ4n) is 1.32. The molecule has 0 fully saturated rings. The van der Waals surface area contributed by atoms with Gasteiger partial charge in [-0.15, -0.1) is 0 Å². The molecule has 15 heavy (non-hydrogen) atoms. The molecule has 4 nitrogen and oxygen atoms in total. The fraction of sp³-hybridized carbons (Fsp3) is 0.333. The molecule has 1 aromatic rings. The number of phenolic OH excluding ortho intramolecular Hbond substituents is 1. The van der Waals surface area contributed by atoms with Crippen molar-refractivity contribution in [1.82, 2.24) is 0 Å². The van der Waals surface area contributed by atoms with Gasteiger partial charge in [-0.1, -0.05) is 13.0 Å². The summed E-state index contributed by atoms with van der Waals surface area (Å²) in [7, 11) is -4.06. The van der Waals surface area contributed by atoms with Crippen molar-refractivity contribution in [2.75, 3.05) is 0 Å². The van der Waals surface area contributed by atoms with E-state index in [1.54, 1.807) is 6.07 Å². The first-order valence-corrected chi connectivity index (χ1v) is 6.97. The molecule has 84 valence electrons. The van der Waals surface area contributed by atoms with E-state index in [0.717, 1.165) is 0 Å². The van der Waals surface area contributed by atoms with Gasteiger partial charge in [0.15, 0.2) is 0 Å². The van der Waals surface area contributed by atoms with Gasteiger partial charge in [-0.3, -0.25) is 4.57 Å². The molecule has 1 aromatic carbocycles. The van der Waals surface area contributed by atoms with E-state index in [-0.39, 0.29) is 11.9 Å². The van der Waals surface area contributed by atoms with Crippen LogP contribution in [0.5, 0.6) is 5.75 Å². The monoisotopic (exact) mass is 294 g/mol. The predicted octanol–water partition coefficient (Wildman–Crippen LogP) is 2.39. The molecular formula is C9H12BrO4P. The minimum Gasteiger partial charge on any atom is -0.506 e. The second-order valence-corrected chi connectivity index (χ2v) is 5.76. The molecule has 0 unspecified atom stereocenters. The van der Waals surface area contributed by atoms with Gasteiger partial charge in [0.2, 0.25) is 0 Å². The summed E-state index contributed by atoms with van der Waals surface area (Å²) >= 11 is 3.14. The van der Waals surface area contributed by atoms with Crippen LogP contribution >= 0.6 is 23.5 Å². The van der Waals surface area contributed by atoms with Crippen molar-refractivity contribution in [2.45, 2.75) is 19.5 Å². The number of hydrogen-bond donors (Lipinski definition) is 3. The number of phenols is 1. The van der Waals surface area contributed by atoms with Crippen LogP contribution in [0.2, 0.25) is 0 Å². The molecule has 0 aliphatic rings. The van der Waals surface area contributed by atoms with Crippen molar-refractivity contribution in [3.63, 3.8) is 0 Å². The number of hydrogen-bond acceptors (Lipinski definition) is 2. The van der Waals surface area contributed by atoms with E-state index in [0.29, 0.717) is 22.0 Å². The molecule has 0 aliphatic carbocycles. The molecule has 1 rings (SSSR count). The zero-order chi connectivity index (χ0) is 11.6. The molecule has 0 heterocycles. The van der Waals surface area contributed by atoms with E-state index in [4.69, 9.17) is 9.79 Å². The average molecular weight is 295 g/mol. The third kappa shape index (κ3) is 3.61. The highest BCUT2D eigenvalue weighted by Crippen LogP contribution is 2.41. The Kier molecular flexibility index (Phi) is 3.95. The zero-order valence-electron chi connectivity index (χ0n) is 8.14. The maximum atomic E-state index is 10.8. The molecule has 0 bridgehead atoms.